The number of nitrogens with one attached hydrogen (secondary N) is 1. The lowest BCUT2D eigenvalue weighted by Gasteiger charge is -2.06. The molecule has 0 radical (unpaired) electrons. The van der Waals surface area contributed by atoms with Crippen molar-refractivity contribution in [3.8, 4) is 0 Å². The van der Waals surface area contributed by atoms with Gasteiger partial charge in [0.15, 0.2) is 0 Å². The molecule has 2 aromatic rings. The van der Waals surface area contributed by atoms with Gasteiger partial charge in [-0.05, 0) is 30.2 Å². The van der Waals surface area contributed by atoms with Crippen molar-refractivity contribution in [1.29, 1.82) is 0 Å². The number of aliphatic hydroxyl groups is 1. The molecule has 0 aliphatic rings. The van der Waals surface area contributed by atoms with Crippen LogP contribution >= 0.6 is 22.9 Å². The summed E-state index contributed by atoms with van der Waals surface area (Å²) in [5.74, 6) is -0.0420. The molecule has 5 heteroatoms. The maximum absolute atomic E-state index is 11.8. The van der Waals surface area contributed by atoms with E-state index in [1.165, 1.54) is 0 Å². The lowest BCUT2D eigenvalue weighted by atomic mass is 10.2. The molecule has 100 valence electrons. The first-order valence-electron chi connectivity index (χ1n) is 5.90. The summed E-state index contributed by atoms with van der Waals surface area (Å²) >= 11 is 7.38. The number of carbonyl (C=O) groups is 1. The molecule has 1 aromatic carbocycles. The number of benzene rings is 1. The summed E-state index contributed by atoms with van der Waals surface area (Å²) in [6, 6.07) is 9.06. The molecule has 0 atom stereocenters. The van der Waals surface area contributed by atoms with Crippen LogP contribution in [0.15, 0.2) is 35.7 Å². The van der Waals surface area contributed by atoms with Gasteiger partial charge < -0.3 is 10.4 Å². The first-order chi connectivity index (χ1) is 9.17. The third-order valence-corrected chi connectivity index (χ3v) is 3.96. The number of halogens is 1. The molecule has 2 rings (SSSR count). The van der Waals surface area contributed by atoms with Crippen LogP contribution in [0.3, 0.4) is 0 Å². The van der Waals surface area contributed by atoms with Crippen molar-refractivity contribution >= 4 is 34.5 Å². The molecular formula is C14H14ClNO2S. The van der Waals surface area contributed by atoms with E-state index in [1.54, 1.807) is 29.5 Å². The maximum Gasteiger partial charge on any atom is 0.224 e. The minimum atomic E-state index is -0.0420. The molecular weight excluding hydrogens is 282 g/mol. The van der Waals surface area contributed by atoms with E-state index in [-0.39, 0.29) is 12.5 Å². The second kappa shape index (κ2) is 6.70. The van der Waals surface area contributed by atoms with E-state index in [0.717, 1.165) is 15.5 Å². The summed E-state index contributed by atoms with van der Waals surface area (Å²) in [5, 5.41) is 14.4. The third-order valence-electron chi connectivity index (χ3n) is 2.61. The highest BCUT2D eigenvalue weighted by molar-refractivity contribution is 7.10. The molecule has 2 N–H and O–H groups in total. The number of carbonyl (C=O) groups excluding carboxylic acids is 1. The predicted octanol–water partition coefficient (Wildman–Crippen LogP) is 3.47. The van der Waals surface area contributed by atoms with Crippen molar-refractivity contribution < 1.29 is 9.90 Å². The topological polar surface area (TPSA) is 49.3 Å². The number of hydrogen-bond donors (Lipinski definition) is 2. The van der Waals surface area contributed by atoms with E-state index in [0.29, 0.717) is 18.5 Å². The van der Waals surface area contributed by atoms with Gasteiger partial charge in [0.25, 0.3) is 0 Å². The predicted molar refractivity (Wildman–Crippen MR) is 78.6 cm³/mol. The Bertz CT molecular complexity index is 568. The zero-order chi connectivity index (χ0) is 13.7. The average Bonchev–Trinajstić information content (AvgIpc) is 2.82. The Morgan fingerprint density at radius 1 is 1.37 bits per heavy atom. The normalized spacial score (nSPS) is 10.4. The second-order valence-corrected chi connectivity index (χ2v) is 5.57. The Kier molecular flexibility index (Phi) is 4.96. The highest BCUT2D eigenvalue weighted by Crippen LogP contribution is 2.20. The van der Waals surface area contributed by atoms with E-state index in [4.69, 9.17) is 16.7 Å². The highest BCUT2D eigenvalue weighted by atomic mass is 35.5. The number of thiophene rings is 1. The fourth-order valence-electron chi connectivity index (χ4n) is 1.69. The summed E-state index contributed by atoms with van der Waals surface area (Å²) in [7, 11) is 0. The number of aryl methyl sites for hydroxylation is 1. The van der Waals surface area contributed by atoms with Crippen LogP contribution in [-0.4, -0.2) is 11.0 Å². The van der Waals surface area contributed by atoms with Crippen molar-refractivity contribution in [3.05, 3.63) is 51.2 Å². The van der Waals surface area contributed by atoms with Crippen LogP contribution < -0.4 is 5.32 Å². The first kappa shape index (κ1) is 14.1. The van der Waals surface area contributed by atoms with Crippen molar-refractivity contribution in [2.45, 2.75) is 19.4 Å². The van der Waals surface area contributed by atoms with Gasteiger partial charge in [-0.15, -0.1) is 11.3 Å². The van der Waals surface area contributed by atoms with Gasteiger partial charge >= 0.3 is 0 Å². The Balaban J connectivity index is 1.86. The monoisotopic (exact) mass is 295 g/mol. The number of aliphatic hydroxyl groups excluding tert-OH is 1. The second-order valence-electron chi connectivity index (χ2n) is 4.14. The number of rotatable bonds is 5. The van der Waals surface area contributed by atoms with Crippen LogP contribution in [0.4, 0.5) is 5.69 Å². The Hall–Kier alpha value is -1.36. The van der Waals surface area contributed by atoms with Crippen LogP contribution in [-0.2, 0) is 17.8 Å². The minimum Gasteiger partial charge on any atom is -0.392 e. The van der Waals surface area contributed by atoms with Gasteiger partial charge in [0.1, 0.15) is 0 Å². The fraction of sp³-hybridized carbons (Fsp3) is 0.214. The number of anilines is 1. The largest absolute Gasteiger partial charge is 0.392 e. The molecule has 1 amide bonds. The van der Waals surface area contributed by atoms with Crippen molar-refractivity contribution in [2.75, 3.05) is 5.32 Å². The molecule has 0 spiro atoms. The molecule has 0 aliphatic heterocycles. The molecule has 0 saturated heterocycles. The summed E-state index contributed by atoms with van der Waals surface area (Å²) in [6.45, 7) is -0.0304. The minimum absolute atomic E-state index is 0.0304. The molecule has 1 heterocycles. The molecule has 19 heavy (non-hydrogen) atoms. The average molecular weight is 296 g/mol. The van der Waals surface area contributed by atoms with Crippen LogP contribution in [0.1, 0.15) is 16.9 Å². The number of amides is 1. The highest BCUT2D eigenvalue weighted by Gasteiger charge is 2.05. The van der Waals surface area contributed by atoms with Crippen molar-refractivity contribution in [1.82, 2.24) is 0 Å². The van der Waals surface area contributed by atoms with Gasteiger partial charge in [-0.1, -0.05) is 23.7 Å². The van der Waals surface area contributed by atoms with Crippen molar-refractivity contribution in [2.24, 2.45) is 0 Å². The molecule has 0 fully saturated rings. The lowest BCUT2D eigenvalue weighted by Crippen LogP contribution is -2.12. The van der Waals surface area contributed by atoms with Crippen LogP contribution in [0.2, 0.25) is 5.02 Å². The summed E-state index contributed by atoms with van der Waals surface area (Å²) in [5.41, 5.74) is 1.49. The smallest absolute Gasteiger partial charge is 0.224 e. The Morgan fingerprint density at radius 3 is 2.89 bits per heavy atom. The van der Waals surface area contributed by atoms with Gasteiger partial charge in [0.05, 0.1) is 11.6 Å². The van der Waals surface area contributed by atoms with Crippen LogP contribution in [0.5, 0.6) is 0 Å². The molecule has 0 saturated carbocycles. The molecule has 1 aromatic heterocycles. The third kappa shape index (κ3) is 4.35. The van der Waals surface area contributed by atoms with E-state index >= 15 is 0 Å². The van der Waals surface area contributed by atoms with Gasteiger partial charge in [0.2, 0.25) is 5.91 Å². The van der Waals surface area contributed by atoms with Gasteiger partial charge in [-0.2, -0.15) is 0 Å². The summed E-state index contributed by atoms with van der Waals surface area (Å²) < 4.78 is 0. The van der Waals surface area contributed by atoms with E-state index < -0.39 is 0 Å². The SMILES string of the molecule is O=C(CCc1cc(Cl)cs1)Nc1cccc(CO)c1. The zero-order valence-corrected chi connectivity index (χ0v) is 11.8. The molecule has 0 aliphatic carbocycles. The van der Waals surface area contributed by atoms with E-state index in [9.17, 15) is 4.79 Å². The molecule has 3 nitrogen and oxygen atoms in total. The molecule has 0 unspecified atom stereocenters. The van der Waals surface area contributed by atoms with Crippen LogP contribution in [0.25, 0.3) is 0 Å². The maximum atomic E-state index is 11.8. The molecule has 0 bridgehead atoms. The van der Waals surface area contributed by atoms with Gasteiger partial charge in [-0.25, -0.2) is 0 Å². The summed E-state index contributed by atoms with van der Waals surface area (Å²) in [6.07, 6.45) is 1.10. The van der Waals surface area contributed by atoms with Gasteiger partial charge in [-0.3, -0.25) is 4.79 Å². The Morgan fingerprint density at radius 2 is 2.21 bits per heavy atom. The van der Waals surface area contributed by atoms with Gasteiger partial charge in [0, 0.05) is 22.4 Å². The van der Waals surface area contributed by atoms with E-state index in [1.807, 2.05) is 17.5 Å². The Labute approximate surface area is 120 Å². The standard InChI is InChI=1S/C14H14ClNO2S/c15-11-7-13(19-9-11)4-5-14(18)16-12-3-1-2-10(6-12)8-17/h1-3,6-7,9,17H,4-5,8H2,(H,16,18). The van der Waals surface area contributed by atoms with E-state index in [2.05, 4.69) is 5.32 Å². The lowest BCUT2D eigenvalue weighted by molar-refractivity contribution is -0.116. The number of hydrogen-bond acceptors (Lipinski definition) is 3. The van der Waals surface area contributed by atoms with Crippen LogP contribution in [0, 0.1) is 0 Å². The summed E-state index contributed by atoms with van der Waals surface area (Å²) in [4.78, 5) is 12.9. The first-order valence-corrected chi connectivity index (χ1v) is 7.15. The fourth-order valence-corrected chi connectivity index (χ4v) is 2.77. The quantitative estimate of drug-likeness (QED) is 0.887. The zero-order valence-electron chi connectivity index (χ0n) is 10.2. The van der Waals surface area contributed by atoms with Crippen molar-refractivity contribution in [3.63, 3.8) is 0 Å².